The van der Waals surface area contributed by atoms with Crippen molar-refractivity contribution >= 4 is 33.3 Å². The maximum absolute atomic E-state index is 13.0. The van der Waals surface area contributed by atoms with E-state index in [-0.39, 0.29) is 19.1 Å². The molecule has 0 atom stereocenters. The zero-order chi connectivity index (χ0) is 23.5. The normalized spacial score (nSPS) is 15.7. The van der Waals surface area contributed by atoms with Crippen LogP contribution in [0.5, 0.6) is 0 Å². The van der Waals surface area contributed by atoms with Gasteiger partial charge < -0.3 is 15.1 Å². The highest BCUT2D eigenvalue weighted by Crippen LogP contribution is 2.25. The maximum Gasteiger partial charge on any atom is 0.264 e. The van der Waals surface area contributed by atoms with E-state index in [2.05, 4.69) is 32.5 Å². The number of hydrogen-bond acceptors (Lipinski definition) is 8. The van der Waals surface area contributed by atoms with E-state index in [1.54, 1.807) is 12.3 Å². The van der Waals surface area contributed by atoms with Gasteiger partial charge in [-0.05, 0) is 39.1 Å². The molecule has 1 N–H and O–H groups in total. The van der Waals surface area contributed by atoms with Crippen LogP contribution in [0.25, 0.3) is 0 Å². The molecule has 176 valence electrons. The monoisotopic (exact) mass is 484 g/mol. The molecule has 0 saturated carbocycles. The van der Waals surface area contributed by atoms with Crippen molar-refractivity contribution < 1.29 is 17.4 Å². The molecular weight excluding hydrogens is 456 g/mol. The van der Waals surface area contributed by atoms with E-state index >= 15 is 0 Å². The summed E-state index contributed by atoms with van der Waals surface area (Å²) in [5, 5.41) is 11.6. The number of halogens is 1. The lowest BCUT2D eigenvalue weighted by atomic mass is 10.0. The molecule has 32 heavy (non-hydrogen) atoms. The number of anilines is 1. The molecule has 1 saturated heterocycles. The fourth-order valence-corrected chi connectivity index (χ4v) is 3.96. The van der Waals surface area contributed by atoms with Crippen molar-refractivity contribution in [1.29, 1.82) is 0 Å². The molecule has 1 amide bonds. The number of amides is 1. The van der Waals surface area contributed by atoms with Crippen LogP contribution in [0.4, 0.5) is 5.69 Å². The van der Waals surface area contributed by atoms with Gasteiger partial charge in [-0.25, -0.2) is 4.68 Å². The number of carbonyl (C=O) groups excluding carboxylic acids is 1. The summed E-state index contributed by atoms with van der Waals surface area (Å²) in [6, 6.07) is 5.37. The number of piperazine rings is 1. The zero-order valence-corrected chi connectivity index (χ0v) is 20.3. The van der Waals surface area contributed by atoms with E-state index in [9.17, 15) is 13.2 Å². The Hall–Kier alpha value is -2.21. The van der Waals surface area contributed by atoms with Crippen LogP contribution in [-0.4, -0.2) is 80.3 Å². The lowest BCUT2D eigenvalue weighted by Gasteiger charge is -2.34. The highest BCUT2D eigenvalue weighted by molar-refractivity contribution is 7.85. The number of aromatic nitrogens is 3. The second-order valence-electron chi connectivity index (χ2n) is 8.46. The van der Waals surface area contributed by atoms with Crippen molar-refractivity contribution in [2.75, 3.05) is 51.0 Å². The number of carbonyl (C=O) groups is 1. The minimum atomic E-state index is -3.52. The van der Waals surface area contributed by atoms with Crippen LogP contribution in [0.1, 0.15) is 29.9 Å². The topological polar surface area (TPSA) is 110 Å². The third-order valence-corrected chi connectivity index (χ3v) is 6.05. The van der Waals surface area contributed by atoms with Crippen molar-refractivity contribution in [3.63, 3.8) is 0 Å². The number of rotatable bonds is 8. The van der Waals surface area contributed by atoms with Crippen LogP contribution in [0, 0.1) is 0 Å². The van der Waals surface area contributed by atoms with Crippen molar-refractivity contribution in [3.8, 4) is 0 Å². The first-order valence-corrected chi connectivity index (χ1v) is 12.4. The Balaban J connectivity index is 1.68. The second kappa shape index (κ2) is 9.74. The molecule has 3 rings (SSSR count). The van der Waals surface area contributed by atoms with E-state index in [1.807, 2.05) is 26.0 Å². The molecule has 1 aromatic carbocycles. The Bertz CT molecular complexity index is 1060. The van der Waals surface area contributed by atoms with Crippen molar-refractivity contribution in [1.82, 2.24) is 25.2 Å². The van der Waals surface area contributed by atoms with Crippen LogP contribution in [0.3, 0.4) is 0 Å². The summed E-state index contributed by atoms with van der Waals surface area (Å²) >= 11 is 6.32. The molecule has 2 aromatic rings. The Morgan fingerprint density at radius 2 is 1.91 bits per heavy atom. The van der Waals surface area contributed by atoms with Crippen LogP contribution in [0.2, 0.25) is 5.02 Å². The standard InChI is InChI=1S/C20H29ClN6O4S/c1-20(2,18-14-27(24-23-18)9-10-31-32(4,29)30)22-19(28)15-11-16(21)13-17(12-15)26-7-5-25(3)6-8-26/h11-14H,5-10H2,1-4H3,(H,22,28). The van der Waals surface area contributed by atoms with Crippen LogP contribution in [-0.2, 0) is 26.4 Å². The maximum atomic E-state index is 13.0. The van der Waals surface area contributed by atoms with E-state index < -0.39 is 15.7 Å². The Kier molecular flexibility index (Phi) is 7.43. The number of nitrogens with one attached hydrogen (secondary N) is 1. The van der Waals surface area contributed by atoms with Gasteiger partial charge in [-0.1, -0.05) is 16.8 Å². The highest BCUT2D eigenvalue weighted by Gasteiger charge is 2.27. The first-order chi connectivity index (χ1) is 14.9. The summed E-state index contributed by atoms with van der Waals surface area (Å²) in [5.41, 5.74) is 1.11. The zero-order valence-electron chi connectivity index (χ0n) is 18.7. The van der Waals surface area contributed by atoms with E-state index in [4.69, 9.17) is 15.8 Å². The smallest absolute Gasteiger partial charge is 0.264 e. The Morgan fingerprint density at radius 3 is 2.56 bits per heavy atom. The largest absolute Gasteiger partial charge is 0.369 e. The molecule has 1 aromatic heterocycles. The lowest BCUT2D eigenvalue weighted by molar-refractivity contribution is 0.0910. The summed E-state index contributed by atoms with van der Waals surface area (Å²) in [5.74, 6) is -0.275. The van der Waals surface area contributed by atoms with Crippen LogP contribution < -0.4 is 10.2 Å². The molecule has 2 heterocycles. The summed E-state index contributed by atoms with van der Waals surface area (Å²) in [6.07, 6.45) is 2.64. The summed E-state index contributed by atoms with van der Waals surface area (Å²) in [7, 11) is -1.43. The quantitative estimate of drug-likeness (QED) is 0.559. The molecule has 12 heteroatoms. The van der Waals surface area contributed by atoms with E-state index in [0.717, 1.165) is 38.1 Å². The van der Waals surface area contributed by atoms with Gasteiger partial charge >= 0.3 is 0 Å². The lowest BCUT2D eigenvalue weighted by Crippen LogP contribution is -2.44. The van der Waals surface area contributed by atoms with Gasteiger partial charge in [0, 0.05) is 42.5 Å². The van der Waals surface area contributed by atoms with E-state index in [1.165, 1.54) is 4.68 Å². The van der Waals surface area contributed by atoms with Gasteiger partial charge in [0.1, 0.15) is 5.69 Å². The number of nitrogens with zero attached hydrogens (tertiary/aromatic N) is 5. The predicted octanol–water partition coefficient (Wildman–Crippen LogP) is 1.32. The van der Waals surface area contributed by atoms with Crippen molar-refractivity contribution in [2.24, 2.45) is 0 Å². The van der Waals surface area contributed by atoms with Gasteiger partial charge in [-0.2, -0.15) is 8.42 Å². The van der Waals surface area contributed by atoms with Crippen molar-refractivity contribution in [3.05, 3.63) is 40.7 Å². The predicted molar refractivity (Wildman–Crippen MR) is 122 cm³/mol. The Morgan fingerprint density at radius 1 is 1.22 bits per heavy atom. The summed E-state index contributed by atoms with van der Waals surface area (Å²) < 4.78 is 28.3. The second-order valence-corrected chi connectivity index (χ2v) is 10.5. The van der Waals surface area contributed by atoms with E-state index in [0.29, 0.717) is 16.3 Å². The minimum absolute atomic E-state index is 0.0496. The molecule has 0 spiro atoms. The van der Waals surface area contributed by atoms with Crippen LogP contribution >= 0.6 is 11.6 Å². The SMILES string of the molecule is CN1CCN(c2cc(Cl)cc(C(=O)NC(C)(C)c3cn(CCOS(C)(=O)=O)nn3)c2)CC1. The molecule has 0 unspecified atom stereocenters. The molecule has 1 aliphatic heterocycles. The average molecular weight is 485 g/mol. The number of likely N-dealkylation sites (N-methyl/N-ethyl adjacent to an activating group) is 1. The average Bonchev–Trinajstić information content (AvgIpc) is 3.17. The van der Waals surface area contributed by atoms with Gasteiger partial charge in [0.2, 0.25) is 0 Å². The number of benzene rings is 1. The first kappa shape index (κ1) is 24.4. The van der Waals surface area contributed by atoms with Crippen LogP contribution in [0.15, 0.2) is 24.4 Å². The molecule has 0 radical (unpaired) electrons. The highest BCUT2D eigenvalue weighted by atomic mass is 35.5. The van der Waals surface area contributed by atoms with Gasteiger partial charge in [-0.3, -0.25) is 8.98 Å². The summed E-state index contributed by atoms with van der Waals surface area (Å²) in [6.45, 7) is 7.44. The molecular formula is C20H29ClN6O4S. The summed E-state index contributed by atoms with van der Waals surface area (Å²) in [4.78, 5) is 17.5. The van der Waals surface area contributed by atoms with Gasteiger partial charge in [0.05, 0.1) is 31.1 Å². The molecule has 0 bridgehead atoms. The fourth-order valence-electron chi connectivity index (χ4n) is 3.35. The number of hydrogen-bond donors (Lipinski definition) is 1. The van der Waals surface area contributed by atoms with Gasteiger partial charge in [-0.15, -0.1) is 5.10 Å². The molecule has 1 fully saturated rings. The molecule has 0 aliphatic carbocycles. The fraction of sp³-hybridized carbons (Fsp3) is 0.550. The third kappa shape index (κ3) is 6.64. The van der Waals surface area contributed by atoms with Crippen molar-refractivity contribution in [2.45, 2.75) is 25.9 Å². The minimum Gasteiger partial charge on any atom is -0.369 e. The first-order valence-electron chi connectivity index (χ1n) is 10.2. The molecule has 1 aliphatic rings. The van der Waals surface area contributed by atoms with Gasteiger partial charge in [0.15, 0.2) is 0 Å². The third-order valence-electron chi connectivity index (χ3n) is 5.24. The van der Waals surface area contributed by atoms with Gasteiger partial charge in [0.25, 0.3) is 16.0 Å². The Labute approximate surface area is 193 Å². The molecule has 10 nitrogen and oxygen atoms in total.